The van der Waals surface area contributed by atoms with Crippen LogP contribution < -0.4 is 0 Å². The summed E-state index contributed by atoms with van der Waals surface area (Å²) in [5.41, 5.74) is -1.29. The van der Waals surface area contributed by atoms with Gasteiger partial charge in [0, 0.05) is 22.4 Å². The van der Waals surface area contributed by atoms with Gasteiger partial charge in [0.15, 0.2) is 5.78 Å². The first-order valence-electron chi connectivity index (χ1n) is 10.4. The van der Waals surface area contributed by atoms with E-state index in [1.165, 1.54) is 11.3 Å². The molecule has 2 aromatic carbocycles. The lowest BCUT2D eigenvalue weighted by Crippen LogP contribution is -2.46. The van der Waals surface area contributed by atoms with E-state index in [1.807, 2.05) is 23.6 Å². The number of fused-ring (bicyclic) bond motifs is 1. The highest BCUT2D eigenvalue weighted by Crippen LogP contribution is 2.50. The number of benzene rings is 2. The molecule has 0 N–H and O–H groups in total. The Morgan fingerprint density at radius 3 is 2.34 bits per heavy atom. The van der Waals surface area contributed by atoms with Gasteiger partial charge in [-0.25, -0.2) is 9.59 Å². The van der Waals surface area contributed by atoms with Crippen LogP contribution in [-0.2, 0) is 19.9 Å². The molecule has 0 unspecified atom stereocenters. The molecule has 0 aliphatic carbocycles. The minimum Gasteiger partial charge on any atom is -0.457 e. The summed E-state index contributed by atoms with van der Waals surface area (Å²) in [5, 5.41) is 1.88. The Morgan fingerprint density at radius 2 is 1.69 bits per heavy atom. The average Bonchev–Trinajstić information content (AvgIpc) is 3.39. The van der Waals surface area contributed by atoms with Crippen LogP contribution in [-0.4, -0.2) is 23.3 Å². The fraction of sp³-hybridized carbons (Fsp3) is 0.269. The van der Waals surface area contributed by atoms with Crippen LogP contribution in [0.1, 0.15) is 64.3 Å². The summed E-state index contributed by atoms with van der Waals surface area (Å²) in [4.78, 5) is 40.6. The quantitative estimate of drug-likeness (QED) is 0.367. The van der Waals surface area contributed by atoms with Gasteiger partial charge < -0.3 is 9.47 Å². The summed E-state index contributed by atoms with van der Waals surface area (Å²) in [5.74, 6) is -2.16. The maximum absolute atomic E-state index is 13.7. The van der Waals surface area contributed by atoms with E-state index >= 15 is 0 Å². The number of carbonyl (C=O) groups excluding carboxylic acids is 3. The van der Waals surface area contributed by atoms with Gasteiger partial charge in [-0.05, 0) is 38.3 Å². The summed E-state index contributed by atoms with van der Waals surface area (Å²) in [6.07, 6.45) is -0.0224. The lowest BCUT2D eigenvalue weighted by molar-refractivity contribution is -0.180. The molecular formula is C26H24O5S. The fourth-order valence-corrected chi connectivity index (χ4v) is 4.89. The molecule has 3 aromatic rings. The number of carbonyl (C=O) groups is 3. The summed E-state index contributed by atoms with van der Waals surface area (Å²) >= 11 is 1.41. The summed E-state index contributed by atoms with van der Waals surface area (Å²) in [6.45, 7) is 5.28. The number of hydrogen-bond donors (Lipinski definition) is 0. The topological polar surface area (TPSA) is 69.7 Å². The van der Waals surface area contributed by atoms with Crippen LogP contribution >= 0.6 is 11.3 Å². The number of esters is 2. The second kappa shape index (κ2) is 8.36. The molecule has 0 saturated heterocycles. The molecule has 0 saturated carbocycles. The van der Waals surface area contributed by atoms with Gasteiger partial charge >= 0.3 is 11.9 Å². The smallest absolute Gasteiger partial charge is 0.356 e. The molecular weight excluding hydrogens is 424 g/mol. The first kappa shape index (κ1) is 22.0. The number of thiophene rings is 1. The minimum absolute atomic E-state index is 0.0224. The Balaban J connectivity index is 1.88. The van der Waals surface area contributed by atoms with Crippen molar-refractivity contribution in [3.05, 3.63) is 93.7 Å². The molecule has 5 nitrogen and oxygen atoms in total. The van der Waals surface area contributed by atoms with Gasteiger partial charge in [0.2, 0.25) is 5.60 Å². The van der Waals surface area contributed by atoms with Crippen LogP contribution in [0, 0.1) is 0 Å². The molecule has 164 valence electrons. The molecule has 2 heterocycles. The van der Waals surface area contributed by atoms with Crippen LogP contribution in [0.25, 0.3) is 0 Å². The molecule has 1 aromatic heterocycles. The van der Waals surface area contributed by atoms with Crippen molar-refractivity contribution in [2.45, 2.75) is 44.3 Å². The molecule has 32 heavy (non-hydrogen) atoms. The van der Waals surface area contributed by atoms with E-state index in [2.05, 4.69) is 0 Å². The number of rotatable bonds is 6. The Morgan fingerprint density at radius 1 is 1.00 bits per heavy atom. The molecule has 0 spiro atoms. The second-order valence-electron chi connectivity index (χ2n) is 8.73. The van der Waals surface area contributed by atoms with Crippen LogP contribution in [0.2, 0.25) is 0 Å². The fourth-order valence-electron chi connectivity index (χ4n) is 4.01. The standard InChI is InChI=1S/C26H24O5S/c1-25(2,3)31-24(29)26(19-13-8-7-12-18(19)23(28)30-26)20(22-14-9-15-32-22)16-21(27)17-10-5-4-6-11-17/h4-15,20H,16H2,1-3H3/t20-,26+/m1/s1. The van der Waals surface area contributed by atoms with Crippen molar-refractivity contribution in [2.24, 2.45) is 0 Å². The van der Waals surface area contributed by atoms with Crippen LogP contribution in [0.15, 0.2) is 72.1 Å². The lowest BCUT2D eigenvalue weighted by atomic mass is 9.76. The highest BCUT2D eigenvalue weighted by atomic mass is 32.1. The zero-order chi connectivity index (χ0) is 22.9. The van der Waals surface area contributed by atoms with Crippen LogP contribution in [0.5, 0.6) is 0 Å². The number of cyclic esters (lactones) is 1. The van der Waals surface area contributed by atoms with Crippen LogP contribution in [0.3, 0.4) is 0 Å². The van der Waals surface area contributed by atoms with E-state index < -0.39 is 29.1 Å². The maximum atomic E-state index is 13.7. The van der Waals surface area contributed by atoms with Crippen molar-refractivity contribution < 1.29 is 23.9 Å². The van der Waals surface area contributed by atoms with Gasteiger partial charge in [-0.3, -0.25) is 4.79 Å². The van der Waals surface area contributed by atoms with Gasteiger partial charge in [-0.2, -0.15) is 0 Å². The third-order valence-corrected chi connectivity index (χ3v) is 6.35. The molecule has 2 atom stereocenters. The normalized spacial score (nSPS) is 18.5. The lowest BCUT2D eigenvalue weighted by Gasteiger charge is -2.36. The van der Waals surface area contributed by atoms with Gasteiger partial charge in [0.1, 0.15) is 5.60 Å². The highest BCUT2D eigenvalue weighted by Gasteiger charge is 2.59. The van der Waals surface area contributed by atoms with Crippen molar-refractivity contribution in [3.8, 4) is 0 Å². The maximum Gasteiger partial charge on any atom is 0.356 e. The van der Waals surface area contributed by atoms with E-state index in [9.17, 15) is 14.4 Å². The molecule has 1 aliphatic rings. The number of ether oxygens (including phenoxy) is 2. The molecule has 0 bridgehead atoms. The van der Waals surface area contributed by atoms with Crippen molar-refractivity contribution in [2.75, 3.05) is 0 Å². The highest BCUT2D eigenvalue weighted by molar-refractivity contribution is 7.10. The predicted molar refractivity (Wildman–Crippen MR) is 122 cm³/mol. The van der Waals surface area contributed by atoms with E-state index in [0.717, 1.165) is 4.88 Å². The Labute approximate surface area is 191 Å². The van der Waals surface area contributed by atoms with Crippen molar-refractivity contribution >= 4 is 29.1 Å². The summed E-state index contributed by atoms with van der Waals surface area (Å²) in [6, 6.07) is 19.4. The van der Waals surface area contributed by atoms with E-state index in [0.29, 0.717) is 16.7 Å². The van der Waals surface area contributed by atoms with Gasteiger partial charge in [0.25, 0.3) is 0 Å². The molecule has 0 amide bonds. The van der Waals surface area contributed by atoms with E-state index in [4.69, 9.17) is 9.47 Å². The van der Waals surface area contributed by atoms with Crippen molar-refractivity contribution in [1.29, 1.82) is 0 Å². The number of Topliss-reactive ketones (excluding diaryl/α,β-unsaturated/α-hetero) is 1. The van der Waals surface area contributed by atoms with Gasteiger partial charge in [-0.1, -0.05) is 54.6 Å². The summed E-state index contributed by atoms with van der Waals surface area (Å²) < 4.78 is 11.7. The van der Waals surface area contributed by atoms with Gasteiger partial charge in [-0.15, -0.1) is 11.3 Å². The Hall–Kier alpha value is -3.25. The minimum atomic E-state index is -1.75. The number of ketones is 1. The predicted octanol–water partition coefficient (Wildman–Crippen LogP) is 5.51. The molecule has 6 heteroatoms. The molecule has 1 aliphatic heterocycles. The monoisotopic (exact) mass is 448 g/mol. The molecule has 0 fully saturated rings. The first-order chi connectivity index (χ1) is 15.2. The van der Waals surface area contributed by atoms with Crippen molar-refractivity contribution in [1.82, 2.24) is 0 Å². The Bertz CT molecular complexity index is 1140. The van der Waals surface area contributed by atoms with Gasteiger partial charge in [0.05, 0.1) is 11.5 Å². The molecule has 4 rings (SSSR count). The third-order valence-electron chi connectivity index (χ3n) is 5.37. The van der Waals surface area contributed by atoms with E-state index in [1.54, 1.807) is 69.3 Å². The average molecular weight is 449 g/mol. The first-order valence-corrected chi connectivity index (χ1v) is 11.3. The largest absolute Gasteiger partial charge is 0.457 e. The summed E-state index contributed by atoms with van der Waals surface area (Å²) in [7, 11) is 0. The third kappa shape index (κ3) is 3.98. The second-order valence-corrected chi connectivity index (χ2v) is 9.71. The zero-order valence-corrected chi connectivity index (χ0v) is 19.0. The number of hydrogen-bond acceptors (Lipinski definition) is 6. The Kier molecular flexibility index (Phi) is 5.73. The van der Waals surface area contributed by atoms with E-state index in [-0.39, 0.29) is 12.2 Å². The van der Waals surface area contributed by atoms with Crippen molar-refractivity contribution in [3.63, 3.8) is 0 Å². The SMILES string of the molecule is CC(C)(C)OC(=O)[C@]1([C@H](CC(=O)c2ccccc2)c2cccs2)OC(=O)c2ccccc21. The molecule has 0 radical (unpaired) electrons. The zero-order valence-electron chi connectivity index (χ0n) is 18.2. The van der Waals surface area contributed by atoms with Crippen LogP contribution in [0.4, 0.5) is 0 Å².